The maximum atomic E-state index is 10.1. The summed E-state index contributed by atoms with van der Waals surface area (Å²) in [6.07, 6.45) is 0. The average Bonchev–Trinajstić information content (AvgIpc) is 2.78. The van der Waals surface area contributed by atoms with Crippen LogP contribution in [0.15, 0.2) is 181 Å². The van der Waals surface area contributed by atoms with Crippen LogP contribution in [0.5, 0.6) is 0 Å². The predicted octanol–water partition coefficient (Wildman–Crippen LogP) is 13.6. The molecule has 238 valence electrons. The number of rotatable bonds is 4. The van der Waals surface area contributed by atoms with Crippen molar-refractivity contribution in [2.45, 2.75) is 0 Å². The Morgan fingerprint density at radius 1 is 0.373 bits per heavy atom. The lowest BCUT2D eigenvalue weighted by atomic mass is 9.98. The number of benzene rings is 8. The topological polar surface area (TPSA) is 9.86 Å². The molecule has 0 amide bonds. The molecule has 51 heavy (non-hydrogen) atoms. The molecule has 11 rings (SSSR count). The number of fused-ring (bicyclic) bond motifs is 9. The maximum absolute atomic E-state index is 10.1. The van der Waals surface area contributed by atoms with Gasteiger partial charge in [0, 0.05) is 58.7 Å². The summed E-state index contributed by atoms with van der Waals surface area (Å²) < 4.78 is 273. The number of aromatic nitrogens is 2. The van der Waals surface area contributed by atoms with Gasteiger partial charge in [0.25, 0.3) is 0 Å². The molecule has 0 saturated heterocycles. The van der Waals surface area contributed by atoms with Gasteiger partial charge in [-0.05, 0) is 77.1 Å². The lowest BCUT2D eigenvalue weighted by Gasteiger charge is -2.13. The molecule has 0 fully saturated rings. The van der Waals surface area contributed by atoms with Crippen molar-refractivity contribution >= 4 is 75.1 Å². The molecule has 0 aliphatic heterocycles. The summed E-state index contributed by atoms with van der Waals surface area (Å²) in [6, 6.07) is -27.3. The molecule has 2 nitrogen and oxygen atoms in total. The molecule has 0 aliphatic carbocycles. The summed E-state index contributed by atoms with van der Waals surface area (Å²) in [6.45, 7) is 0. The minimum atomic E-state index is -1.09. The van der Waals surface area contributed by atoms with Gasteiger partial charge in [0.2, 0.25) is 0 Å². The molecular formula is C48H30N2S. The van der Waals surface area contributed by atoms with Gasteiger partial charge >= 0.3 is 0 Å². The van der Waals surface area contributed by atoms with E-state index in [1.54, 1.807) is 0 Å². The SMILES string of the molecule is [2H]c1c([2H])c([2H])c(-c2c([2H])c(-n3c4c([2H])c([2H])c([2H])c([2H])c4c4c([2H])c(-c5c([2H])c([2H])c([2H])c6c5c5c([2H])c([2H])c([2H])c([2H])c5n6-c5c([2H])c([2H])c([2H])c([2H])c5[2H])c([2H])c([2H])c43)c([2H])c3c2sc2c([2H])c([2H])c([2H])c([2H])c23)c([2H])c1[2H]. The molecule has 0 aliphatic rings. The first-order valence-electron chi connectivity index (χ1n) is 30.0. The molecule has 8 aromatic carbocycles. The monoisotopic (exact) mass is 696 g/mol. The second-order valence-electron chi connectivity index (χ2n) is 11.0. The summed E-state index contributed by atoms with van der Waals surface area (Å²) in [5.74, 6) is 0. The molecule has 0 saturated carbocycles. The van der Waals surface area contributed by atoms with Crippen molar-refractivity contribution in [1.82, 2.24) is 9.13 Å². The molecule has 0 atom stereocenters. The second-order valence-corrected chi connectivity index (χ2v) is 12.0. The van der Waals surface area contributed by atoms with E-state index in [4.69, 9.17) is 26.0 Å². The fourth-order valence-corrected chi connectivity index (χ4v) is 7.38. The highest BCUT2D eigenvalue weighted by molar-refractivity contribution is 7.26. The van der Waals surface area contributed by atoms with E-state index in [1.165, 1.54) is 0 Å². The first kappa shape index (κ1) is 11.8. The van der Waals surface area contributed by atoms with Gasteiger partial charge in [0.1, 0.15) is 0 Å². The number of hydrogen-bond donors (Lipinski definition) is 0. The van der Waals surface area contributed by atoms with Crippen LogP contribution in [0.3, 0.4) is 0 Å². The lowest BCUT2D eigenvalue weighted by molar-refractivity contribution is 1.18. The van der Waals surface area contributed by atoms with Crippen LogP contribution in [0.4, 0.5) is 0 Å². The van der Waals surface area contributed by atoms with E-state index in [1.807, 2.05) is 0 Å². The molecule has 0 N–H and O–H groups in total. The third kappa shape index (κ3) is 4.22. The van der Waals surface area contributed by atoms with Gasteiger partial charge in [0.05, 0.1) is 63.2 Å². The highest BCUT2D eigenvalue weighted by Gasteiger charge is 2.20. The molecule has 0 spiro atoms. The molecular weight excluding hydrogens is 637 g/mol. The number of para-hydroxylation sites is 3. The summed E-state index contributed by atoms with van der Waals surface area (Å²) in [5, 5.41) is -3.32. The van der Waals surface area contributed by atoms with Crippen LogP contribution in [0.2, 0.25) is 0 Å². The Kier molecular flexibility index (Phi) is 2.56. The minimum absolute atomic E-state index is 0.214. The van der Waals surface area contributed by atoms with Crippen LogP contribution in [0, 0.1) is 0 Å². The van der Waals surface area contributed by atoms with Gasteiger partial charge < -0.3 is 9.13 Å². The van der Waals surface area contributed by atoms with Crippen molar-refractivity contribution in [2.24, 2.45) is 0 Å². The minimum Gasteiger partial charge on any atom is -0.309 e. The number of thiophene rings is 1. The van der Waals surface area contributed by atoms with E-state index in [0.717, 1.165) is 9.13 Å². The molecule has 0 radical (unpaired) electrons. The smallest absolute Gasteiger partial charge is 0.0652 e. The summed E-state index contributed by atoms with van der Waals surface area (Å²) >= 11 is 0.593. The first-order chi connectivity index (χ1) is 37.8. The fourth-order valence-electron chi connectivity index (χ4n) is 6.31. The predicted molar refractivity (Wildman–Crippen MR) is 219 cm³/mol. The van der Waals surface area contributed by atoms with Crippen LogP contribution in [0.25, 0.3) is 97.4 Å². The van der Waals surface area contributed by atoms with Crippen LogP contribution in [0.1, 0.15) is 41.1 Å². The van der Waals surface area contributed by atoms with Gasteiger partial charge in [-0.25, -0.2) is 0 Å². The van der Waals surface area contributed by atoms with Gasteiger partial charge in [-0.3, -0.25) is 0 Å². The summed E-state index contributed by atoms with van der Waals surface area (Å²) in [5.41, 5.74) is -7.21. The van der Waals surface area contributed by atoms with Crippen molar-refractivity contribution < 1.29 is 41.1 Å². The average molecular weight is 697 g/mol. The van der Waals surface area contributed by atoms with Crippen LogP contribution in [-0.2, 0) is 0 Å². The van der Waals surface area contributed by atoms with E-state index >= 15 is 0 Å². The third-order valence-corrected chi connectivity index (χ3v) is 9.48. The molecule has 3 heterocycles. The van der Waals surface area contributed by atoms with Crippen LogP contribution in [-0.4, -0.2) is 9.13 Å². The molecule has 11 aromatic rings. The Morgan fingerprint density at radius 3 is 1.82 bits per heavy atom. The first-order valence-corrected chi connectivity index (χ1v) is 15.8. The lowest BCUT2D eigenvalue weighted by Crippen LogP contribution is -1.95. The zero-order chi connectivity index (χ0) is 59.6. The standard InChI is InChI=1S/C48H30N2S/c1-3-14-31(15-4-1)39-29-34(30-41-37-19-9-12-25-46(37)51-48(39)41)50-42-22-10-7-18-36(42)40-28-32(26-27-44(40)50)35-21-13-24-45-47(35)38-20-8-11-23-43(38)49(45)33-16-5-2-6-17-33/h1-30H/i1D,2D,3D,4D,5D,6D,7D,8D,9D,10D,11D,12D,13D,14D,15D,16D,17D,18D,19D,20D,21D,22D,23D,24D,25D,26D,27D,28D,29D,30D. The van der Waals surface area contributed by atoms with Crippen molar-refractivity contribution in [3.63, 3.8) is 0 Å². The van der Waals surface area contributed by atoms with Crippen LogP contribution < -0.4 is 0 Å². The van der Waals surface area contributed by atoms with Gasteiger partial charge in [-0.2, -0.15) is 0 Å². The van der Waals surface area contributed by atoms with Gasteiger partial charge in [0.15, 0.2) is 0 Å². The van der Waals surface area contributed by atoms with Gasteiger partial charge in [-0.1, -0.05) is 121 Å². The summed E-state index contributed by atoms with van der Waals surface area (Å²) in [7, 11) is 0. The van der Waals surface area contributed by atoms with E-state index in [9.17, 15) is 15.1 Å². The Bertz CT molecular complexity index is 4820. The zero-order valence-electron chi connectivity index (χ0n) is 55.3. The van der Waals surface area contributed by atoms with Crippen molar-refractivity contribution in [2.75, 3.05) is 0 Å². The third-order valence-electron chi connectivity index (χ3n) is 8.36. The van der Waals surface area contributed by atoms with Gasteiger partial charge in [-0.15, -0.1) is 11.3 Å². The number of nitrogens with zero attached hydrogens (tertiary/aromatic N) is 2. The van der Waals surface area contributed by atoms with Crippen LogP contribution >= 0.6 is 11.3 Å². The molecule has 0 bridgehead atoms. The van der Waals surface area contributed by atoms with E-state index in [0.29, 0.717) is 11.3 Å². The highest BCUT2D eigenvalue weighted by atomic mass is 32.1. The Labute approximate surface area is 340 Å². The normalized spacial score (nSPS) is 20.2. The zero-order valence-corrected chi connectivity index (χ0v) is 26.1. The molecule has 3 aromatic heterocycles. The maximum Gasteiger partial charge on any atom is 0.0652 e. The fraction of sp³-hybridized carbons (Fsp3) is 0. The quantitative estimate of drug-likeness (QED) is 0.173. The second kappa shape index (κ2) is 11.0. The Hall–Kier alpha value is -6.42. The summed E-state index contributed by atoms with van der Waals surface area (Å²) in [4.78, 5) is 0. The molecule has 0 unspecified atom stereocenters. The van der Waals surface area contributed by atoms with E-state index in [-0.39, 0.29) is 14.8 Å². The Balaban J connectivity index is 1.42. The van der Waals surface area contributed by atoms with E-state index in [2.05, 4.69) is 0 Å². The Morgan fingerprint density at radius 2 is 1.00 bits per heavy atom. The van der Waals surface area contributed by atoms with Crippen molar-refractivity contribution in [1.29, 1.82) is 0 Å². The molecule has 3 heteroatoms. The highest BCUT2D eigenvalue weighted by Crippen LogP contribution is 2.44. The van der Waals surface area contributed by atoms with Crippen molar-refractivity contribution in [3.8, 4) is 33.6 Å². The largest absolute Gasteiger partial charge is 0.309 e. The van der Waals surface area contributed by atoms with Crippen molar-refractivity contribution in [3.05, 3.63) is 181 Å². The number of hydrogen-bond acceptors (Lipinski definition) is 1. The van der Waals surface area contributed by atoms with E-state index < -0.39 is 264 Å².